The zero-order valence-electron chi connectivity index (χ0n) is 17.9. The molecule has 2 aliphatic rings. The number of fused-ring (bicyclic) bond motifs is 1. The van der Waals surface area contributed by atoms with Gasteiger partial charge in [-0.3, -0.25) is 4.79 Å². The van der Waals surface area contributed by atoms with Gasteiger partial charge in [-0.2, -0.15) is 0 Å². The maximum absolute atomic E-state index is 12.6. The third-order valence-corrected chi connectivity index (χ3v) is 6.64. The number of anilines is 2. The van der Waals surface area contributed by atoms with Gasteiger partial charge in [0.05, 0.1) is 10.6 Å². The predicted molar refractivity (Wildman–Crippen MR) is 128 cm³/mol. The molecule has 0 radical (unpaired) electrons. The first-order valence-electron chi connectivity index (χ1n) is 11.1. The number of nitrogen functional groups attached to an aromatic ring is 1. The molecule has 3 aromatic rings. The van der Waals surface area contributed by atoms with Gasteiger partial charge >= 0.3 is 0 Å². The molecule has 1 saturated carbocycles. The minimum atomic E-state index is -0.210. The predicted octanol–water partition coefficient (Wildman–Crippen LogP) is 3.83. The number of nitrogens with zero attached hydrogens (tertiary/aromatic N) is 3. The van der Waals surface area contributed by atoms with Gasteiger partial charge in [-0.25, -0.2) is 9.97 Å². The molecule has 32 heavy (non-hydrogen) atoms. The van der Waals surface area contributed by atoms with Crippen molar-refractivity contribution in [3.63, 3.8) is 0 Å². The highest BCUT2D eigenvalue weighted by molar-refractivity contribution is 6.33. The highest BCUT2D eigenvalue weighted by Crippen LogP contribution is 2.30. The molecule has 166 valence electrons. The molecule has 4 N–H and O–H groups in total. The lowest BCUT2D eigenvalue weighted by Gasteiger charge is -2.32. The first kappa shape index (κ1) is 21.0. The Labute approximate surface area is 192 Å². The van der Waals surface area contributed by atoms with E-state index in [0.29, 0.717) is 34.8 Å². The van der Waals surface area contributed by atoms with Crippen LogP contribution in [0.25, 0.3) is 10.8 Å². The summed E-state index contributed by atoms with van der Waals surface area (Å²) in [7, 11) is 0. The SMILES string of the molecule is Nc1nccc2cc(CNC(=O)c3cnc(NC4CCN(C5CC5)CC4)c(Cl)c3)ccc12. The first-order valence-corrected chi connectivity index (χ1v) is 11.5. The Kier molecular flexibility index (Phi) is 5.85. The summed E-state index contributed by atoms with van der Waals surface area (Å²) in [6, 6.07) is 10.6. The quantitative estimate of drug-likeness (QED) is 0.528. The number of hydrogen-bond acceptors (Lipinski definition) is 6. The van der Waals surface area contributed by atoms with Crippen LogP contribution in [-0.4, -0.2) is 45.9 Å². The second-order valence-corrected chi connectivity index (χ2v) is 9.08. The lowest BCUT2D eigenvalue weighted by molar-refractivity contribution is 0.0950. The van der Waals surface area contributed by atoms with Gasteiger partial charge in [-0.15, -0.1) is 0 Å². The molecular weight excluding hydrogens is 424 g/mol. The molecule has 1 saturated heterocycles. The number of amides is 1. The van der Waals surface area contributed by atoms with E-state index in [9.17, 15) is 4.79 Å². The number of benzene rings is 1. The van der Waals surface area contributed by atoms with E-state index in [1.165, 1.54) is 12.8 Å². The van der Waals surface area contributed by atoms with Gasteiger partial charge in [0.15, 0.2) is 0 Å². The van der Waals surface area contributed by atoms with Crippen LogP contribution in [0.1, 0.15) is 41.6 Å². The van der Waals surface area contributed by atoms with Crippen molar-refractivity contribution in [2.45, 2.75) is 44.3 Å². The molecule has 1 aromatic carbocycles. The minimum absolute atomic E-state index is 0.210. The van der Waals surface area contributed by atoms with Crippen LogP contribution in [0.15, 0.2) is 42.7 Å². The van der Waals surface area contributed by atoms with E-state index in [1.54, 1.807) is 18.5 Å². The van der Waals surface area contributed by atoms with Crippen LogP contribution >= 0.6 is 11.6 Å². The highest BCUT2D eigenvalue weighted by Gasteiger charge is 2.31. The molecule has 3 heterocycles. The normalized spacial score (nSPS) is 17.4. The number of halogens is 1. The fourth-order valence-electron chi connectivity index (χ4n) is 4.36. The highest BCUT2D eigenvalue weighted by atomic mass is 35.5. The Morgan fingerprint density at radius 1 is 1.12 bits per heavy atom. The summed E-state index contributed by atoms with van der Waals surface area (Å²) in [6.07, 6.45) is 8.13. The fraction of sp³-hybridized carbons (Fsp3) is 0.375. The van der Waals surface area contributed by atoms with Crippen molar-refractivity contribution in [3.05, 3.63) is 58.9 Å². The Balaban J connectivity index is 1.18. The van der Waals surface area contributed by atoms with Gasteiger partial charge in [-0.05, 0) is 54.8 Å². The van der Waals surface area contributed by atoms with Crippen LogP contribution < -0.4 is 16.4 Å². The first-order chi connectivity index (χ1) is 15.6. The van der Waals surface area contributed by atoms with Crippen LogP contribution in [0.5, 0.6) is 0 Å². The number of likely N-dealkylation sites (tertiary alicyclic amines) is 1. The number of rotatable bonds is 6. The van der Waals surface area contributed by atoms with Crippen LogP contribution in [-0.2, 0) is 6.54 Å². The summed E-state index contributed by atoms with van der Waals surface area (Å²) in [5.41, 5.74) is 7.32. The number of nitrogens with two attached hydrogens (primary N) is 1. The summed E-state index contributed by atoms with van der Waals surface area (Å²) in [5, 5.41) is 8.76. The molecule has 8 heteroatoms. The average Bonchev–Trinajstić information content (AvgIpc) is 3.65. The van der Waals surface area contributed by atoms with Crippen molar-refractivity contribution in [2.24, 2.45) is 0 Å². The molecule has 1 aliphatic heterocycles. The van der Waals surface area contributed by atoms with Crippen LogP contribution in [0.2, 0.25) is 5.02 Å². The molecule has 7 nitrogen and oxygen atoms in total. The van der Waals surface area contributed by atoms with Crippen molar-refractivity contribution in [3.8, 4) is 0 Å². The molecule has 0 spiro atoms. The van der Waals surface area contributed by atoms with Crippen LogP contribution in [0.4, 0.5) is 11.6 Å². The van der Waals surface area contributed by atoms with Crippen molar-refractivity contribution >= 4 is 39.9 Å². The maximum atomic E-state index is 12.6. The second-order valence-electron chi connectivity index (χ2n) is 8.67. The van der Waals surface area contributed by atoms with E-state index in [0.717, 1.165) is 48.3 Å². The Hall–Kier alpha value is -2.90. The van der Waals surface area contributed by atoms with Gasteiger partial charge in [-0.1, -0.05) is 23.7 Å². The molecule has 0 bridgehead atoms. The molecule has 1 aliphatic carbocycles. The van der Waals surface area contributed by atoms with E-state index in [2.05, 4.69) is 25.5 Å². The topological polar surface area (TPSA) is 96.2 Å². The second kappa shape index (κ2) is 8.92. The number of piperidine rings is 1. The summed E-state index contributed by atoms with van der Waals surface area (Å²) in [6.45, 7) is 2.64. The number of pyridine rings is 2. The van der Waals surface area contributed by atoms with E-state index in [-0.39, 0.29) is 5.91 Å². The lowest BCUT2D eigenvalue weighted by Crippen LogP contribution is -2.40. The standard InChI is InChI=1S/C24H27ClN6O/c25-21-12-17(14-28-23(21)30-18-6-9-31(10-7-18)19-2-3-19)24(32)29-13-15-1-4-20-16(11-15)5-8-27-22(20)26/h1,4-5,8,11-12,14,18-19H,2-3,6-7,9-10,13H2,(H2,26,27)(H,28,30)(H,29,32). The summed E-state index contributed by atoms with van der Waals surface area (Å²) in [4.78, 5) is 23.7. The molecule has 1 amide bonds. The minimum Gasteiger partial charge on any atom is -0.383 e. The van der Waals surface area contributed by atoms with Crippen molar-refractivity contribution in [1.29, 1.82) is 0 Å². The Morgan fingerprint density at radius 2 is 1.94 bits per heavy atom. The summed E-state index contributed by atoms with van der Waals surface area (Å²) >= 11 is 6.45. The third kappa shape index (κ3) is 4.64. The number of carbonyl (C=O) groups excluding carboxylic acids is 1. The van der Waals surface area contributed by atoms with Crippen molar-refractivity contribution < 1.29 is 4.79 Å². The van der Waals surface area contributed by atoms with Gasteiger partial charge in [0.2, 0.25) is 0 Å². The molecule has 2 aromatic heterocycles. The zero-order chi connectivity index (χ0) is 22.1. The Bertz CT molecular complexity index is 1140. The van der Waals surface area contributed by atoms with E-state index in [4.69, 9.17) is 17.3 Å². The van der Waals surface area contributed by atoms with Gasteiger partial charge in [0.1, 0.15) is 11.6 Å². The molecule has 2 fully saturated rings. The maximum Gasteiger partial charge on any atom is 0.253 e. The zero-order valence-corrected chi connectivity index (χ0v) is 18.6. The van der Waals surface area contributed by atoms with E-state index >= 15 is 0 Å². The van der Waals surface area contributed by atoms with Gasteiger partial charge < -0.3 is 21.3 Å². The third-order valence-electron chi connectivity index (χ3n) is 6.35. The molecule has 0 unspecified atom stereocenters. The van der Waals surface area contributed by atoms with Crippen molar-refractivity contribution in [1.82, 2.24) is 20.2 Å². The number of nitrogens with one attached hydrogen (secondary N) is 2. The number of aromatic nitrogens is 2. The van der Waals surface area contributed by atoms with Crippen LogP contribution in [0.3, 0.4) is 0 Å². The molecule has 5 rings (SSSR count). The summed E-state index contributed by atoms with van der Waals surface area (Å²) in [5.74, 6) is 0.938. The van der Waals surface area contributed by atoms with Crippen molar-refractivity contribution in [2.75, 3.05) is 24.1 Å². The average molecular weight is 451 g/mol. The van der Waals surface area contributed by atoms with E-state index in [1.807, 2.05) is 24.3 Å². The van der Waals surface area contributed by atoms with Gasteiger partial charge in [0.25, 0.3) is 5.91 Å². The molecule has 0 atom stereocenters. The number of hydrogen-bond donors (Lipinski definition) is 3. The Morgan fingerprint density at radius 3 is 2.69 bits per heavy atom. The van der Waals surface area contributed by atoms with E-state index < -0.39 is 0 Å². The van der Waals surface area contributed by atoms with Gasteiger partial charge in [0, 0.05) is 49.5 Å². The lowest BCUT2D eigenvalue weighted by atomic mass is 10.0. The largest absolute Gasteiger partial charge is 0.383 e. The fourth-order valence-corrected chi connectivity index (χ4v) is 4.58. The smallest absolute Gasteiger partial charge is 0.253 e. The summed E-state index contributed by atoms with van der Waals surface area (Å²) < 4.78 is 0. The monoisotopic (exact) mass is 450 g/mol. The number of carbonyl (C=O) groups is 1. The van der Waals surface area contributed by atoms with Crippen LogP contribution in [0, 0.1) is 0 Å². The molecular formula is C24H27ClN6O.